The van der Waals surface area contributed by atoms with Crippen LogP contribution < -0.4 is 0 Å². The lowest BCUT2D eigenvalue weighted by molar-refractivity contribution is -0.181. The van der Waals surface area contributed by atoms with Crippen molar-refractivity contribution in [3.05, 3.63) is 35.9 Å². The van der Waals surface area contributed by atoms with Crippen LogP contribution >= 0.6 is 0 Å². The molecule has 1 N–H and O–H groups in total. The maximum atomic E-state index is 10.4. The van der Waals surface area contributed by atoms with E-state index in [4.69, 9.17) is 13.9 Å². The summed E-state index contributed by atoms with van der Waals surface area (Å²) in [6, 6.07) is 10.2. The third-order valence-electron chi connectivity index (χ3n) is 6.38. The Bertz CT molecular complexity index is 694. The summed E-state index contributed by atoms with van der Waals surface area (Å²) in [5, 5.41) is 10.7. The summed E-state index contributed by atoms with van der Waals surface area (Å²) in [4.78, 5) is 0. The normalized spacial score (nSPS) is 20.7. The lowest BCUT2D eigenvalue weighted by atomic mass is 10.0. The molecule has 1 fully saturated rings. The first-order chi connectivity index (χ1) is 14.6. The minimum absolute atomic E-state index is 0.0350. The summed E-state index contributed by atoms with van der Waals surface area (Å²) in [6.45, 7) is 13.4. The van der Waals surface area contributed by atoms with E-state index in [-0.39, 0.29) is 11.1 Å². The molecule has 0 spiro atoms. The van der Waals surface area contributed by atoms with E-state index in [1.54, 1.807) is 0 Å². The Morgan fingerprint density at radius 3 is 2.55 bits per heavy atom. The number of hydrogen-bond donors (Lipinski definition) is 1. The Labute approximate surface area is 190 Å². The molecule has 0 bridgehead atoms. The van der Waals surface area contributed by atoms with Crippen LogP contribution in [0.5, 0.6) is 0 Å². The first-order valence-corrected chi connectivity index (χ1v) is 14.7. The molecule has 0 aromatic heterocycles. The van der Waals surface area contributed by atoms with Crippen molar-refractivity contribution in [2.45, 2.75) is 102 Å². The van der Waals surface area contributed by atoms with E-state index in [9.17, 15) is 5.11 Å². The Hall–Kier alpha value is -1.16. The van der Waals surface area contributed by atoms with Gasteiger partial charge in [0, 0.05) is 19.4 Å². The van der Waals surface area contributed by atoms with Gasteiger partial charge in [0.05, 0.1) is 19.3 Å². The fraction of sp³-hybridized carbons (Fsp3) is 0.692. The fourth-order valence-corrected chi connectivity index (χ4v) is 4.32. The topological polar surface area (TPSA) is 47.9 Å². The lowest BCUT2D eigenvalue weighted by Gasteiger charge is -2.36. The van der Waals surface area contributed by atoms with E-state index in [0.29, 0.717) is 26.1 Å². The van der Waals surface area contributed by atoms with E-state index >= 15 is 0 Å². The Balaban J connectivity index is 1.84. The second-order valence-corrected chi connectivity index (χ2v) is 14.9. The van der Waals surface area contributed by atoms with Gasteiger partial charge in [0.15, 0.2) is 8.32 Å². The predicted octanol–water partition coefficient (Wildman–Crippen LogP) is 6.05. The lowest BCUT2D eigenvalue weighted by Crippen LogP contribution is -2.40. The molecular weight excluding hydrogens is 404 g/mol. The monoisotopic (exact) mass is 446 g/mol. The molecule has 1 aromatic carbocycles. The van der Waals surface area contributed by atoms with Crippen LogP contribution in [-0.2, 0) is 20.5 Å². The molecule has 2 atom stereocenters. The second kappa shape index (κ2) is 12.2. The SMILES string of the molecule is CC(C)(C)[Si](C)(C)OCCCC[C@@H](CC#CC1(O)CCCCO1)OCc1ccccc1. The van der Waals surface area contributed by atoms with Gasteiger partial charge in [-0.25, -0.2) is 0 Å². The standard InChI is InChI=1S/C26H42O4Si/c1-25(2,3)31(4,5)30-21-11-9-16-24(28-22-23-14-7-6-8-15-23)17-13-19-26(27)18-10-12-20-29-26/h6-8,14-15,24,27H,9-12,16-18,20-22H2,1-5H3/t24-,26?/m0/s1. The Morgan fingerprint density at radius 2 is 1.90 bits per heavy atom. The van der Waals surface area contributed by atoms with Gasteiger partial charge in [0.25, 0.3) is 0 Å². The first-order valence-electron chi connectivity index (χ1n) is 11.8. The molecule has 1 unspecified atom stereocenters. The van der Waals surface area contributed by atoms with Crippen molar-refractivity contribution in [2.24, 2.45) is 0 Å². The largest absolute Gasteiger partial charge is 0.417 e. The van der Waals surface area contributed by atoms with E-state index in [2.05, 4.69) is 57.8 Å². The van der Waals surface area contributed by atoms with Crippen LogP contribution in [0.25, 0.3) is 0 Å². The maximum Gasteiger partial charge on any atom is 0.231 e. The number of aliphatic hydroxyl groups is 1. The van der Waals surface area contributed by atoms with Gasteiger partial charge in [-0.1, -0.05) is 57.0 Å². The van der Waals surface area contributed by atoms with Gasteiger partial charge in [-0.15, -0.1) is 0 Å². The fourth-order valence-electron chi connectivity index (χ4n) is 3.23. The van der Waals surface area contributed by atoms with Gasteiger partial charge in [-0.3, -0.25) is 0 Å². The molecular formula is C26H42O4Si. The molecule has 4 nitrogen and oxygen atoms in total. The molecule has 1 heterocycles. The minimum Gasteiger partial charge on any atom is -0.417 e. The number of unbranched alkanes of at least 4 members (excludes halogenated alkanes) is 1. The molecule has 1 aliphatic rings. The average molecular weight is 447 g/mol. The highest BCUT2D eigenvalue weighted by molar-refractivity contribution is 6.74. The zero-order valence-corrected chi connectivity index (χ0v) is 21.2. The van der Waals surface area contributed by atoms with Crippen LogP contribution in [0.4, 0.5) is 0 Å². The van der Waals surface area contributed by atoms with Crippen LogP contribution in [0.2, 0.25) is 18.1 Å². The number of ether oxygens (including phenoxy) is 2. The molecule has 5 heteroatoms. The van der Waals surface area contributed by atoms with Gasteiger partial charge in [0.2, 0.25) is 5.79 Å². The van der Waals surface area contributed by atoms with Crippen LogP contribution in [0.1, 0.15) is 71.3 Å². The summed E-state index contributed by atoms with van der Waals surface area (Å²) in [6.07, 6.45) is 6.16. The molecule has 31 heavy (non-hydrogen) atoms. The van der Waals surface area contributed by atoms with Gasteiger partial charge in [-0.05, 0) is 61.7 Å². The van der Waals surface area contributed by atoms with Crippen molar-refractivity contribution < 1.29 is 19.0 Å². The number of benzene rings is 1. The van der Waals surface area contributed by atoms with Crippen LogP contribution in [0, 0.1) is 11.8 Å². The first kappa shape index (κ1) is 26.1. The molecule has 1 aliphatic heterocycles. The third kappa shape index (κ3) is 9.47. The van der Waals surface area contributed by atoms with Crippen molar-refractivity contribution in [3.8, 4) is 11.8 Å². The van der Waals surface area contributed by atoms with Crippen LogP contribution in [0.3, 0.4) is 0 Å². The number of rotatable bonds is 10. The van der Waals surface area contributed by atoms with E-state index in [1.807, 2.05) is 18.2 Å². The number of hydrogen-bond acceptors (Lipinski definition) is 4. The molecule has 2 rings (SSSR count). The summed E-state index contributed by atoms with van der Waals surface area (Å²) in [7, 11) is -1.69. The minimum atomic E-state index is -1.69. The summed E-state index contributed by atoms with van der Waals surface area (Å²) < 4.78 is 18.0. The molecule has 1 saturated heterocycles. The van der Waals surface area contributed by atoms with E-state index < -0.39 is 14.1 Å². The smallest absolute Gasteiger partial charge is 0.231 e. The van der Waals surface area contributed by atoms with Gasteiger partial charge < -0.3 is 19.0 Å². The quantitative estimate of drug-likeness (QED) is 0.270. The summed E-state index contributed by atoms with van der Waals surface area (Å²) in [5.74, 6) is 4.81. The highest BCUT2D eigenvalue weighted by Crippen LogP contribution is 2.36. The van der Waals surface area contributed by atoms with Crippen molar-refractivity contribution >= 4 is 8.32 Å². The molecule has 0 amide bonds. The molecule has 174 valence electrons. The maximum absolute atomic E-state index is 10.4. The summed E-state index contributed by atoms with van der Waals surface area (Å²) in [5.41, 5.74) is 1.16. The van der Waals surface area contributed by atoms with Crippen LogP contribution in [0.15, 0.2) is 30.3 Å². The molecule has 0 aliphatic carbocycles. The zero-order valence-electron chi connectivity index (χ0n) is 20.2. The van der Waals surface area contributed by atoms with Crippen molar-refractivity contribution in [1.29, 1.82) is 0 Å². The van der Waals surface area contributed by atoms with E-state index in [0.717, 1.165) is 44.3 Å². The highest BCUT2D eigenvalue weighted by atomic mass is 28.4. The summed E-state index contributed by atoms with van der Waals surface area (Å²) >= 11 is 0. The van der Waals surface area contributed by atoms with Crippen molar-refractivity contribution in [2.75, 3.05) is 13.2 Å². The average Bonchev–Trinajstić information content (AvgIpc) is 2.71. The van der Waals surface area contributed by atoms with Crippen molar-refractivity contribution in [1.82, 2.24) is 0 Å². The Kier molecular flexibility index (Phi) is 10.2. The van der Waals surface area contributed by atoms with Crippen molar-refractivity contribution in [3.63, 3.8) is 0 Å². The molecule has 1 aromatic rings. The molecule has 0 radical (unpaired) electrons. The van der Waals surface area contributed by atoms with Gasteiger partial charge in [-0.2, -0.15) is 0 Å². The van der Waals surface area contributed by atoms with Crippen LogP contribution in [-0.4, -0.2) is 38.5 Å². The van der Waals surface area contributed by atoms with Gasteiger partial charge in [0.1, 0.15) is 0 Å². The highest BCUT2D eigenvalue weighted by Gasteiger charge is 2.36. The van der Waals surface area contributed by atoms with E-state index in [1.165, 1.54) is 0 Å². The third-order valence-corrected chi connectivity index (χ3v) is 10.9. The zero-order chi connectivity index (χ0) is 22.8. The Morgan fingerprint density at radius 1 is 1.16 bits per heavy atom. The molecule has 0 saturated carbocycles. The predicted molar refractivity (Wildman–Crippen MR) is 129 cm³/mol. The second-order valence-electron chi connectivity index (χ2n) is 10.1. The van der Waals surface area contributed by atoms with Gasteiger partial charge >= 0.3 is 0 Å².